The van der Waals surface area contributed by atoms with Crippen LogP contribution in [0.2, 0.25) is 0 Å². The van der Waals surface area contributed by atoms with Crippen LogP contribution in [-0.4, -0.2) is 22.6 Å². The van der Waals surface area contributed by atoms with E-state index < -0.39 is 28.0 Å². The quantitative estimate of drug-likeness (QED) is 0.415. The van der Waals surface area contributed by atoms with E-state index in [1.807, 2.05) is 45.0 Å². The van der Waals surface area contributed by atoms with Crippen molar-refractivity contribution >= 4 is 33.5 Å². The summed E-state index contributed by atoms with van der Waals surface area (Å²) in [5, 5.41) is 0. The molecule has 2 unspecified atom stereocenters. The highest BCUT2D eigenvalue weighted by Gasteiger charge is 2.27. The fourth-order valence-corrected chi connectivity index (χ4v) is 3.04. The standard InChI is InChI=1S/C20H23BrFNO3S/c1-20(2,3)27(24)23-12-19(17-11-15(21)7-10-18(17)22)26-13-14-5-8-16(25-4)9-6-14/h5-12,19H,13H2,1-4H3/b23-12-. The molecule has 2 rings (SSSR count). The van der Waals surface area contributed by atoms with Crippen LogP contribution in [-0.2, 0) is 22.7 Å². The van der Waals surface area contributed by atoms with Crippen LogP contribution in [0.15, 0.2) is 51.3 Å². The zero-order valence-corrected chi connectivity index (χ0v) is 18.1. The van der Waals surface area contributed by atoms with Crippen LogP contribution in [0.1, 0.15) is 38.0 Å². The molecular weight excluding hydrogens is 433 g/mol. The maximum Gasteiger partial charge on any atom is 0.144 e. The number of rotatable bonds is 7. The van der Waals surface area contributed by atoms with Crippen molar-refractivity contribution in [3.05, 3.63) is 63.9 Å². The Morgan fingerprint density at radius 2 is 1.89 bits per heavy atom. The molecule has 0 aliphatic heterocycles. The van der Waals surface area contributed by atoms with Crippen molar-refractivity contribution in [2.24, 2.45) is 4.40 Å². The summed E-state index contributed by atoms with van der Waals surface area (Å²) in [6, 6.07) is 12.0. The maximum atomic E-state index is 14.3. The van der Waals surface area contributed by atoms with Gasteiger partial charge in [0.2, 0.25) is 0 Å². The van der Waals surface area contributed by atoms with Gasteiger partial charge in [-0.2, -0.15) is 0 Å². The Hall–Kier alpha value is -1.41. The average Bonchev–Trinajstić information content (AvgIpc) is 2.63. The molecule has 0 aromatic heterocycles. The molecule has 0 saturated heterocycles. The molecule has 0 N–H and O–H groups in total. The van der Waals surface area contributed by atoms with Gasteiger partial charge in [0.1, 0.15) is 33.8 Å². The molecule has 0 spiro atoms. The third kappa shape index (κ3) is 6.60. The first-order chi connectivity index (χ1) is 12.7. The minimum atomic E-state index is -1.46. The second-order valence-corrected chi connectivity index (χ2v) is 9.71. The fraction of sp³-hybridized carbons (Fsp3) is 0.350. The zero-order valence-electron chi connectivity index (χ0n) is 15.7. The summed E-state index contributed by atoms with van der Waals surface area (Å²) >= 11 is 1.89. The molecule has 7 heteroatoms. The molecule has 2 aromatic carbocycles. The Bertz CT molecular complexity index is 778. The highest BCUT2D eigenvalue weighted by Crippen LogP contribution is 2.26. The maximum absolute atomic E-state index is 14.3. The molecule has 2 atom stereocenters. The van der Waals surface area contributed by atoms with Gasteiger partial charge < -0.3 is 14.0 Å². The van der Waals surface area contributed by atoms with Crippen LogP contribution in [0, 0.1) is 5.82 Å². The van der Waals surface area contributed by atoms with E-state index in [1.54, 1.807) is 19.2 Å². The van der Waals surface area contributed by atoms with Gasteiger partial charge in [0, 0.05) is 10.0 Å². The van der Waals surface area contributed by atoms with E-state index in [9.17, 15) is 8.94 Å². The summed E-state index contributed by atoms with van der Waals surface area (Å²) in [6.07, 6.45) is 0.645. The first-order valence-corrected chi connectivity index (χ1v) is 10.3. The van der Waals surface area contributed by atoms with Crippen molar-refractivity contribution in [1.82, 2.24) is 0 Å². The van der Waals surface area contributed by atoms with Gasteiger partial charge >= 0.3 is 0 Å². The first kappa shape index (κ1) is 21.9. The Balaban J connectivity index is 2.23. The van der Waals surface area contributed by atoms with Crippen molar-refractivity contribution in [3.8, 4) is 5.75 Å². The van der Waals surface area contributed by atoms with Crippen molar-refractivity contribution in [3.63, 3.8) is 0 Å². The molecule has 0 radical (unpaired) electrons. The summed E-state index contributed by atoms with van der Waals surface area (Å²) in [4.78, 5) is 0. The SMILES string of the molecule is COc1ccc(COC(/C=N\[S+]([O-])C(C)(C)C)c2cc(Br)ccc2F)cc1. The number of benzene rings is 2. The van der Waals surface area contributed by atoms with Crippen molar-refractivity contribution in [1.29, 1.82) is 0 Å². The van der Waals surface area contributed by atoms with Crippen LogP contribution in [0.4, 0.5) is 4.39 Å². The van der Waals surface area contributed by atoms with E-state index in [2.05, 4.69) is 20.3 Å². The van der Waals surface area contributed by atoms with Crippen molar-refractivity contribution < 1.29 is 18.4 Å². The van der Waals surface area contributed by atoms with E-state index in [0.29, 0.717) is 5.56 Å². The molecule has 2 aromatic rings. The number of ether oxygens (including phenoxy) is 2. The van der Waals surface area contributed by atoms with Gasteiger partial charge in [0.15, 0.2) is 0 Å². The summed E-state index contributed by atoms with van der Waals surface area (Å²) in [5.41, 5.74) is 1.23. The molecule has 0 bridgehead atoms. The summed E-state index contributed by atoms with van der Waals surface area (Å²) in [7, 11) is 1.60. The van der Waals surface area contributed by atoms with Gasteiger partial charge in [0.05, 0.1) is 19.9 Å². The Labute approximate surface area is 171 Å². The highest BCUT2D eigenvalue weighted by atomic mass is 79.9. The van der Waals surface area contributed by atoms with E-state index >= 15 is 0 Å². The van der Waals surface area contributed by atoms with Gasteiger partial charge in [-0.15, -0.1) is 0 Å². The van der Waals surface area contributed by atoms with E-state index in [4.69, 9.17) is 9.47 Å². The summed E-state index contributed by atoms with van der Waals surface area (Å²) in [6.45, 7) is 5.73. The third-order valence-corrected chi connectivity index (χ3v) is 5.52. The normalized spacial score (nSPS) is 14.3. The van der Waals surface area contributed by atoms with E-state index in [1.165, 1.54) is 12.3 Å². The van der Waals surface area contributed by atoms with Crippen LogP contribution >= 0.6 is 15.9 Å². The van der Waals surface area contributed by atoms with Crippen LogP contribution < -0.4 is 4.74 Å². The second kappa shape index (κ2) is 9.68. The Kier molecular flexibility index (Phi) is 7.85. The first-order valence-electron chi connectivity index (χ1n) is 8.36. The number of nitrogens with zero attached hydrogens (tertiary/aromatic N) is 1. The highest BCUT2D eigenvalue weighted by molar-refractivity contribution is 9.10. The smallest absolute Gasteiger partial charge is 0.144 e. The minimum Gasteiger partial charge on any atom is -0.591 e. The number of methoxy groups -OCH3 is 1. The lowest BCUT2D eigenvalue weighted by Crippen LogP contribution is -2.26. The van der Waals surface area contributed by atoms with Crippen molar-refractivity contribution in [2.75, 3.05) is 7.11 Å². The number of halogens is 2. The molecule has 27 heavy (non-hydrogen) atoms. The molecule has 0 aliphatic rings. The van der Waals surface area contributed by atoms with Crippen molar-refractivity contribution in [2.45, 2.75) is 38.2 Å². The topological polar surface area (TPSA) is 53.9 Å². The monoisotopic (exact) mass is 455 g/mol. The predicted molar refractivity (Wildman–Crippen MR) is 111 cm³/mol. The number of hydrogen-bond donors (Lipinski definition) is 0. The lowest BCUT2D eigenvalue weighted by Gasteiger charge is -2.19. The third-order valence-electron chi connectivity index (χ3n) is 3.67. The van der Waals surface area contributed by atoms with Gasteiger partial charge in [-0.05, 0) is 56.7 Å². The second-order valence-electron chi connectivity index (χ2n) is 6.86. The Morgan fingerprint density at radius 3 is 2.48 bits per heavy atom. The molecule has 0 fully saturated rings. The largest absolute Gasteiger partial charge is 0.591 e. The van der Waals surface area contributed by atoms with Gasteiger partial charge in [-0.3, -0.25) is 0 Å². The lowest BCUT2D eigenvalue weighted by atomic mass is 10.1. The average molecular weight is 456 g/mol. The molecule has 0 aliphatic carbocycles. The fourth-order valence-electron chi connectivity index (χ4n) is 2.12. The van der Waals surface area contributed by atoms with Gasteiger partial charge in [-0.1, -0.05) is 32.5 Å². The van der Waals surface area contributed by atoms with Crippen LogP contribution in [0.3, 0.4) is 0 Å². The zero-order chi connectivity index (χ0) is 20.0. The van der Waals surface area contributed by atoms with Crippen LogP contribution in [0.5, 0.6) is 5.75 Å². The van der Waals surface area contributed by atoms with Gasteiger partial charge in [-0.25, -0.2) is 4.39 Å². The van der Waals surface area contributed by atoms with E-state index in [-0.39, 0.29) is 6.61 Å². The van der Waals surface area contributed by atoms with E-state index in [0.717, 1.165) is 15.8 Å². The predicted octanol–water partition coefficient (Wildman–Crippen LogP) is 5.39. The lowest BCUT2D eigenvalue weighted by molar-refractivity contribution is 0.0853. The van der Waals surface area contributed by atoms with Gasteiger partial charge in [0.25, 0.3) is 0 Å². The molecular formula is C20H23BrFNO3S. The molecule has 0 heterocycles. The Morgan fingerprint density at radius 1 is 1.22 bits per heavy atom. The summed E-state index contributed by atoms with van der Waals surface area (Å²) in [5.74, 6) is 0.335. The molecule has 0 saturated carbocycles. The van der Waals surface area contributed by atoms with Crippen LogP contribution in [0.25, 0.3) is 0 Å². The minimum absolute atomic E-state index is 0.245. The molecule has 146 valence electrons. The molecule has 0 amide bonds. The number of hydrogen-bond acceptors (Lipinski definition) is 4. The summed E-state index contributed by atoms with van der Waals surface area (Å²) < 4.78 is 41.9. The molecule has 4 nitrogen and oxygen atoms in total.